The lowest BCUT2D eigenvalue weighted by Crippen LogP contribution is -2.48. The summed E-state index contributed by atoms with van der Waals surface area (Å²) in [4.78, 5) is 35.5. The Morgan fingerprint density at radius 1 is 1.30 bits per heavy atom. The molecule has 0 unspecified atom stereocenters. The van der Waals surface area contributed by atoms with Gasteiger partial charge in [0, 0.05) is 17.2 Å². The van der Waals surface area contributed by atoms with Gasteiger partial charge in [-0.1, -0.05) is 6.92 Å². The van der Waals surface area contributed by atoms with Crippen LogP contribution in [0.15, 0.2) is 15.3 Å². The van der Waals surface area contributed by atoms with Gasteiger partial charge in [-0.25, -0.2) is 4.79 Å². The van der Waals surface area contributed by atoms with E-state index in [4.69, 9.17) is 13.9 Å². The fraction of sp³-hybridized carbons (Fsp3) is 0.500. The second kappa shape index (κ2) is 8.01. The lowest BCUT2D eigenvalue weighted by molar-refractivity contribution is -0.308. The van der Waals surface area contributed by atoms with Gasteiger partial charge in [0.2, 0.25) is 0 Å². The molecule has 2 heterocycles. The number of carbonyl (C=O) groups is 2. The van der Waals surface area contributed by atoms with E-state index in [-0.39, 0.29) is 6.42 Å². The highest BCUT2D eigenvalue weighted by atomic mass is 16.5. The minimum atomic E-state index is -1.35. The van der Waals surface area contributed by atoms with Crippen LogP contribution in [0.5, 0.6) is 11.5 Å². The van der Waals surface area contributed by atoms with Gasteiger partial charge in [0.15, 0.2) is 6.61 Å². The predicted molar refractivity (Wildman–Crippen MR) is 108 cm³/mol. The van der Waals surface area contributed by atoms with Gasteiger partial charge in [-0.05, 0) is 52.5 Å². The van der Waals surface area contributed by atoms with Crippen molar-refractivity contribution in [3.63, 3.8) is 0 Å². The first-order valence-corrected chi connectivity index (χ1v) is 9.96. The normalized spacial score (nSPS) is 15.8. The summed E-state index contributed by atoms with van der Waals surface area (Å²) in [5.41, 5.74) is 1.53. The average Bonchev–Trinajstić information content (AvgIpc) is 2.67. The van der Waals surface area contributed by atoms with Crippen LogP contribution in [-0.4, -0.2) is 30.1 Å². The van der Waals surface area contributed by atoms with Crippen LogP contribution in [0.2, 0.25) is 0 Å². The molecule has 0 radical (unpaired) electrons. The zero-order valence-corrected chi connectivity index (χ0v) is 17.8. The van der Waals surface area contributed by atoms with Crippen molar-refractivity contribution in [2.45, 2.75) is 65.5 Å². The first kappa shape index (κ1) is 21.7. The molecule has 0 aliphatic carbocycles. The van der Waals surface area contributed by atoms with Gasteiger partial charge >= 0.3 is 5.63 Å². The van der Waals surface area contributed by atoms with Crippen molar-refractivity contribution < 1.29 is 28.6 Å². The summed E-state index contributed by atoms with van der Waals surface area (Å²) in [6, 6.07) is 0.612. The van der Waals surface area contributed by atoms with Crippen LogP contribution in [-0.2, 0) is 16.0 Å². The lowest BCUT2D eigenvalue weighted by Gasteiger charge is -2.33. The quantitative estimate of drug-likeness (QED) is 0.710. The molecule has 2 aromatic rings. The Balaban J connectivity index is 2.01. The van der Waals surface area contributed by atoms with Crippen LogP contribution in [0.1, 0.15) is 50.3 Å². The molecule has 0 fully saturated rings. The molecule has 1 aliphatic rings. The first-order valence-electron chi connectivity index (χ1n) is 9.96. The molecule has 162 valence electrons. The molecule has 1 aromatic carbocycles. The first-order chi connectivity index (χ1) is 14.0. The van der Waals surface area contributed by atoms with E-state index in [2.05, 4.69) is 5.32 Å². The third-order valence-corrected chi connectivity index (χ3v) is 5.50. The van der Waals surface area contributed by atoms with Gasteiger partial charge in [0.05, 0.1) is 17.4 Å². The monoisotopic (exact) mass is 416 g/mol. The molecule has 0 spiro atoms. The number of ether oxygens (including phenoxy) is 2. The number of hydrogen-bond acceptors (Lipinski definition) is 7. The number of aliphatic carboxylic acids is 1. The maximum Gasteiger partial charge on any atom is 0.339 e. The molecule has 0 saturated carbocycles. The number of carboxylic acids is 1. The molecule has 1 N–H and O–H groups in total. The Morgan fingerprint density at radius 2 is 2.00 bits per heavy atom. The van der Waals surface area contributed by atoms with E-state index in [0.29, 0.717) is 40.0 Å². The Labute approximate surface area is 174 Å². The summed E-state index contributed by atoms with van der Waals surface area (Å²) < 4.78 is 17.4. The molecule has 8 heteroatoms. The van der Waals surface area contributed by atoms with Crippen LogP contribution < -0.4 is 25.5 Å². The molecule has 0 bridgehead atoms. The molecule has 0 saturated heterocycles. The van der Waals surface area contributed by atoms with Crippen LogP contribution in [0.25, 0.3) is 11.0 Å². The van der Waals surface area contributed by atoms with Crippen molar-refractivity contribution in [2.24, 2.45) is 0 Å². The highest BCUT2D eigenvalue weighted by molar-refractivity contribution is 5.92. The van der Waals surface area contributed by atoms with Crippen molar-refractivity contribution in [1.82, 2.24) is 5.32 Å². The van der Waals surface area contributed by atoms with E-state index >= 15 is 0 Å². The summed E-state index contributed by atoms with van der Waals surface area (Å²) in [7, 11) is 0. The maximum absolute atomic E-state index is 12.3. The number of benzene rings is 1. The fourth-order valence-corrected chi connectivity index (χ4v) is 3.55. The average molecular weight is 416 g/mol. The molecule has 30 heavy (non-hydrogen) atoms. The van der Waals surface area contributed by atoms with Crippen molar-refractivity contribution >= 4 is 22.8 Å². The number of nitrogens with one attached hydrogen (secondary N) is 1. The van der Waals surface area contributed by atoms with Crippen LogP contribution in [0.4, 0.5) is 0 Å². The number of fused-ring (bicyclic) bond motifs is 3. The van der Waals surface area contributed by atoms with E-state index in [1.165, 1.54) is 0 Å². The number of hydrogen-bond donors (Lipinski definition) is 1. The van der Waals surface area contributed by atoms with Crippen LogP contribution in [0, 0.1) is 13.8 Å². The SMILES string of the molecule is CC[C@H](NC(=O)COc1cc2c(c3oc(=O)c(C)c(C)c13)CCC(C)(C)O2)C(=O)[O-]. The number of rotatable bonds is 6. The smallest absolute Gasteiger partial charge is 0.339 e. The summed E-state index contributed by atoms with van der Waals surface area (Å²) in [5, 5.41) is 14.0. The Morgan fingerprint density at radius 3 is 2.63 bits per heavy atom. The zero-order chi connectivity index (χ0) is 22.2. The van der Waals surface area contributed by atoms with Gasteiger partial charge in [-0.15, -0.1) is 0 Å². The maximum atomic E-state index is 12.3. The molecule has 8 nitrogen and oxygen atoms in total. The Bertz CT molecular complexity index is 1070. The third-order valence-electron chi connectivity index (χ3n) is 5.50. The van der Waals surface area contributed by atoms with Gasteiger partial charge in [0.1, 0.15) is 22.7 Å². The van der Waals surface area contributed by atoms with Gasteiger partial charge in [0.25, 0.3) is 5.91 Å². The van der Waals surface area contributed by atoms with Gasteiger partial charge in [-0.3, -0.25) is 4.79 Å². The third kappa shape index (κ3) is 4.13. The molecule has 1 atom stereocenters. The molecule has 1 aliphatic heterocycles. The molecular formula is C22H26NO7-. The molecule has 1 aromatic heterocycles. The number of carbonyl (C=O) groups excluding carboxylic acids is 2. The largest absolute Gasteiger partial charge is 0.548 e. The summed E-state index contributed by atoms with van der Waals surface area (Å²) in [6.07, 6.45) is 1.63. The number of amides is 1. The molecular weight excluding hydrogens is 390 g/mol. The van der Waals surface area contributed by atoms with E-state index in [1.54, 1.807) is 26.8 Å². The molecule has 1 amide bonds. The van der Waals surface area contributed by atoms with Crippen molar-refractivity contribution in [2.75, 3.05) is 6.61 Å². The fourth-order valence-electron chi connectivity index (χ4n) is 3.55. The van der Waals surface area contributed by atoms with Gasteiger partial charge in [-0.2, -0.15) is 0 Å². The Kier molecular flexibility index (Phi) is 5.78. The minimum absolute atomic E-state index is 0.197. The predicted octanol–water partition coefficient (Wildman–Crippen LogP) is 1.54. The Hall–Kier alpha value is -3.03. The summed E-state index contributed by atoms with van der Waals surface area (Å²) >= 11 is 0. The van der Waals surface area contributed by atoms with Gasteiger partial charge < -0.3 is 29.1 Å². The molecule has 3 rings (SSSR count). The highest BCUT2D eigenvalue weighted by Crippen LogP contribution is 2.43. The lowest BCUT2D eigenvalue weighted by atomic mass is 9.92. The van der Waals surface area contributed by atoms with E-state index in [9.17, 15) is 19.5 Å². The summed E-state index contributed by atoms with van der Waals surface area (Å²) in [5.74, 6) is -1.07. The highest BCUT2D eigenvalue weighted by Gasteiger charge is 2.31. The van der Waals surface area contributed by atoms with Crippen molar-refractivity contribution in [3.05, 3.63) is 33.2 Å². The van der Waals surface area contributed by atoms with Crippen molar-refractivity contribution in [3.8, 4) is 11.5 Å². The number of carboxylic acid groups (broad SMARTS) is 1. The van der Waals surface area contributed by atoms with E-state index in [1.807, 2.05) is 13.8 Å². The second-order valence-electron chi connectivity index (χ2n) is 8.19. The topological polar surface area (TPSA) is 118 Å². The van der Waals surface area contributed by atoms with Crippen LogP contribution >= 0.6 is 0 Å². The van der Waals surface area contributed by atoms with E-state index < -0.39 is 35.8 Å². The standard InChI is InChI=1S/C22H27NO7/c1-6-14(20(25)26)23-17(24)10-28-16-9-15-13(7-8-22(4,5)30-15)19-18(16)11(2)12(3)21(27)29-19/h9,14H,6-8,10H2,1-5H3,(H,23,24)(H,25,26)/p-1/t14-/m0/s1. The van der Waals surface area contributed by atoms with E-state index in [0.717, 1.165) is 12.0 Å². The van der Waals surface area contributed by atoms with Crippen molar-refractivity contribution in [1.29, 1.82) is 0 Å². The van der Waals surface area contributed by atoms with Crippen LogP contribution in [0.3, 0.4) is 0 Å². The minimum Gasteiger partial charge on any atom is -0.548 e. The zero-order valence-electron chi connectivity index (χ0n) is 17.8. The number of aryl methyl sites for hydroxylation is 2. The second-order valence-corrected chi connectivity index (χ2v) is 8.19. The summed E-state index contributed by atoms with van der Waals surface area (Å²) in [6.45, 7) is 8.63.